The summed E-state index contributed by atoms with van der Waals surface area (Å²) < 4.78 is 1.57. The molecule has 0 bridgehead atoms. The molecule has 3 rings (SSSR count). The Kier molecular flexibility index (Phi) is 3.96. The van der Waals surface area contributed by atoms with E-state index in [1.165, 1.54) is 0 Å². The summed E-state index contributed by atoms with van der Waals surface area (Å²) in [7, 11) is 0. The monoisotopic (exact) mass is 307 g/mol. The Balaban J connectivity index is 1.64. The number of nitrogens with zero attached hydrogens (tertiary/aromatic N) is 4. The van der Waals surface area contributed by atoms with Crippen molar-refractivity contribution >= 4 is 17.5 Å². The number of aromatic nitrogens is 4. The SMILES string of the molecule is Cc1cnc(C2CCCN(C(=O)Cn3cc(Cl)cn3)C2)[nH]1. The standard InChI is InChI=1S/C14H18ClN5O/c1-10-5-16-14(18-10)11-3-2-4-19(7-11)13(21)9-20-8-12(15)6-17-20/h5-6,8,11H,2-4,7,9H2,1H3,(H,16,18). The van der Waals surface area contributed by atoms with Gasteiger partial charge in [0.2, 0.25) is 5.91 Å². The van der Waals surface area contributed by atoms with Gasteiger partial charge in [-0.2, -0.15) is 5.10 Å². The first-order chi connectivity index (χ1) is 10.1. The summed E-state index contributed by atoms with van der Waals surface area (Å²) in [6.07, 6.45) is 7.10. The maximum absolute atomic E-state index is 12.4. The number of carbonyl (C=O) groups excluding carboxylic acids is 1. The van der Waals surface area contributed by atoms with Gasteiger partial charge in [0, 0.05) is 37.1 Å². The molecule has 1 atom stereocenters. The third-order valence-corrected chi connectivity index (χ3v) is 3.98. The molecule has 0 radical (unpaired) electrons. The van der Waals surface area contributed by atoms with Crippen molar-refractivity contribution in [2.45, 2.75) is 32.2 Å². The Hall–Kier alpha value is -1.82. The predicted molar refractivity (Wildman–Crippen MR) is 79.1 cm³/mol. The highest BCUT2D eigenvalue weighted by Gasteiger charge is 2.26. The molecular weight excluding hydrogens is 290 g/mol. The fourth-order valence-corrected chi connectivity index (χ4v) is 2.89. The maximum atomic E-state index is 12.4. The first kappa shape index (κ1) is 14.1. The van der Waals surface area contributed by atoms with Gasteiger partial charge in [-0.15, -0.1) is 0 Å². The van der Waals surface area contributed by atoms with Crippen LogP contribution >= 0.6 is 11.6 Å². The molecule has 0 aliphatic carbocycles. The number of piperidine rings is 1. The average molecular weight is 308 g/mol. The number of hydrogen-bond acceptors (Lipinski definition) is 3. The van der Waals surface area contributed by atoms with E-state index in [4.69, 9.17) is 11.6 Å². The topological polar surface area (TPSA) is 66.8 Å². The first-order valence-electron chi connectivity index (χ1n) is 7.09. The van der Waals surface area contributed by atoms with Crippen molar-refractivity contribution in [1.82, 2.24) is 24.6 Å². The molecule has 21 heavy (non-hydrogen) atoms. The number of aryl methyl sites for hydroxylation is 1. The minimum absolute atomic E-state index is 0.0720. The molecule has 0 spiro atoms. The Bertz CT molecular complexity index is 635. The Morgan fingerprint density at radius 3 is 3.05 bits per heavy atom. The van der Waals surface area contributed by atoms with E-state index in [9.17, 15) is 4.79 Å². The molecule has 112 valence electrons. The van der Waals surface area contributed by atoms with E-state index in [2.05, 4.69) is 15.1 Å². The van der Waals surface area contributed by atoms with Gasteiger partial charge in [0.05, 0.1) is 11.2 Å². The van der Waals surface area contributed by atoms with Crippen LogP contribution in [0.2, 0.25) is 5.02 Å². The van der Waals surface area contributed by atoms with Gasteiger partial charge in [-0.25, -0.2) is 4.98 Å². The molecule has 1 saturated heterocycles. The molecule has 2 aromatic heterocycles. The minimum atomic E-state index is 0.0720. The molecule has 1 amide bonds. The molecule has 1 aliphatic heterocycles. The molecule has 7 heteroatoms. The third kappa shape index (κ3) is 3.26. The largest absolute Gasteiger partial charge is 0.346 e. The number of nitrogens with one attached hydrogen (secondary N) is 1. The molecule has 6 nitrogen and oxygen atoms in total. The van der Waals surface area contributed by atoms with Gasteiger partial charge in [-0.3, -0.25) is 9.48 Å². The zero-order valence-electron chi connectivity index (χ0n) is 11.9. The van der Waals surface area contributed by atoms with Crippen molar-refractivity contribution in [3.8, 4) is 0 Å². The maximum Gasteiger partial charge on any atom is 0.244 e. The van der Waals surface area contributed by atoms with Gasteiger partial charge in [-0.1, -0.05) is 11.6 Å². The van der Waals surface area contributed by atoms with E-state index in [0.717, 1.165) is 30.9 Å². The van der Waals surface area contributed by atoms with E-state index < -0.39 is 0 Å². The second-order valence-electron chi connectivity index (χ2n) is 5.49. The van der Waals surface area contributed by atoms with Crippen LogP contribution in [0, 0.1) is 6.92 Å². The number of hydrogen-bond donors (Lipinski definition) is 1. The summed E-state index contributed by atoms with van der Waals surface area (Å²) in [5.74, 6) is 1.34. The molecule has 3 heterocycles. The van der Waals surface area contributed by atoms with Crippen LogP contribution in [0.4, 0.5) is 0 Å². The van der Waals surface area contributed by atoms with E-state index in [0.29, 0.717) is 11.6 Å². The summed E-state index contributed by atoms with van der Waals surface area (Å²) in [6, 6.07) is 0. The van der Waals surface area contributed by atoms with Crippen LogP contribution in [0.1, 0.15) is 30.3 Å². The van der Waals surface area contributed by atoms with Crippen LogP contribution in [-0.2, 0) is 11.3 Å². The van der Waals surface area contributed by atoms with Crippen molar-refractivity contribution in [2.75, 3.05) is 13.1 Å². The van der Waals surface area contributed by atoms with Crippen molar-refractivity contribution < 1.29 is 4.79 Å². The molecule has 1 aliphatic rings. The van der Waals surface area contributed by atoms with Crippen molar-refractivity contribution in [1.29, 1.82) is 0 Å². The van der Waals surface area contributed by atoms with Crippen LogP contribution in [0.5, 0.6) is 0 Å². The van der Waals surface area contributed by atoms with Gasteiger partial charge >= 0.3 is 0 Å². The second kappa shape index (κ2) is 5.89. The summed E-state index contributed by atoms with van der Waals surface area (Å²) in [5.41, 5.74) is 1.06. The number of halogens is 1. The van der Waals surface area contributed by atoms with Gasteiger partial charge in [-0.05, 0) is 19.8 Å². The predicted octanol–water partition coefficient (Wildman–Crippen LogP) is 1.97. The highest BCUT2D eigenvalue weighted by molar-refractivity contribution is 6.30. The Labute approximate surface area is 128 Å². The number of aromatic amines is 1. The fraction of sp³-hybridized carbons (Fsp3) is 0.500. The van der Waals surface area contributed by atoms with Gasteiger partial charge < -0.3 is 9.88 Å². The number of amides is 1. The lowest BCUT2D eigenvalue weighted by Gasteiger charge is -2.31. The molecule has 2 aromatic rings. The van der Waals surface area contributed by atoms with Crippen molar-refractivity contribution in [3.05, 3.63) is 35.1 Å². The zero-order valence-corrected chi connectivity index (χ0v) is 12.7. The average Bonchev–Trinajstić information content (AvgIpc) is 3.08. The normalized spacial score (nSPS) is 19.0. The highest BCUT2D eigenvalue weighted by atomic mass is 35.5. The number of rotatable bonds is 3. The highest BCUT2D eigenvalue weighted by Crippen LogP contribution is 2.25. The van der Waals surface area contributed by atoms with Crippen molar-refractivity contribution in [3.63, 3.8) is 0 Å². The first-order valence-corrected chi connectivity index (χ1v) is 7.47. The molecule has 1 unspecified atom stereocenters. The summed E-state index contributed by atoms with van der Waals surface area (Å²) in [4.78, 5) is 21.9. The number of imidazole rings is 1. The lowest BCUT2D eigenvalue weighted by molar-refractivity contribution is -0.133. The number of carbonyl (C=O) groups is 1. The summed E-state index contributed by atoms with van der Waals surface area (Å²) in [6.45, 7) is 3.73. The lowest BCUT2D eigenvalue weighted by Crippen LogP contribution is -2.41. The third-order valence-electron chi connectivity index (χ3n) is 3.78. The summed E-state index contributed by atoms with van der Waals surface area (Å²) >= 11 is 5.81. The number of H-pyrrole nitrogens is 1. The van der Waals surface area contributed by atoms with E-state index in [1.54, 1.807) is 17.1 Å². The van der Waals surface area contributed by atoms with Gasteiger partial charge in [0.15, 0.2) is 0 Å². The quantitative estimate of drug-likeness (QED) is 0.943. The van der Waals surface area contributed by atoms with E-state index in [-0.39, 0.29) is 18.4 Å². The zero-order chi connectivity index (χ0) is 14.8. The fourth-order valence-electron chi connectivity index (χ4n) is 2.73. The molecule has 0 saturated carbocycles. The minimum Gasteiger partial charge on any atom is -0.346 e. The Morgan fingerprint density at radius 2 is 2.38 bits per heavy atom. The van der Waals surface area contributed by atoms with Gasteiger partial charge in [0.25, 0.3) is 0 Å². The van der Waals surface area contributed by atoms with Crippen LogP contribution < -0.4 is 0 Å². The van der Waals surface area contributed by atoms with E-state index in [1.807, 2.05) is 18.0 Å². The molecular formula is C14H18ClN5O. The van der Waals surface area contributed by atoms with Gasteiger partial charge in [0.1, 0.15) is 12.4 Å². The number of likely N-dealkylation sites (tertiary alicyclic amines) is 1. The van der Waals surface area contributed by atoms with Crippen LogP contribution in [0.15, 0.2) is 18.6 Å². The summed E-state index contributed by atoms with van der Waals surface area (Å²) in [5, 5.41) is 4.60. The van der Waals surface area contributed by atoms with Crippen molar-refractivity contribution in [2.24, 2.45) is 0 Å². The van der Waals surface area contributed by atoms with E-state index >= 15 is 0 Å². The van der Waals surface area contributed by atoms with Crippen LogP contribution in [-0.4, -0.2) is 43.6 Å². The van der Waals surface area contributed by atoms with Crippen LogP contribution in [0.3, 0.4) is 0 Å². The molecule has 0 aromatic carbocycles. The second-order valence-corrected chi connectivity index (χ2v) is 5.92. The molecule has 1 N–H and O–H groups in total. The van der Waals surface area contributed by atoms with Crippen LogP contribution in [0.25, 0.3) is 0 Å². The lowest BCUT2D eigenvalue weighted by atomic mass is 9.97. The molecule has 1 fully saturated rings. The smallest absolute Gasteiger partial charge is 0.244 e. The Morgan fingerprint density at radius 1 is 1.52 bits per heavy atom.